The van der Waals surface area contributed by atoms with Crippen LogP contribution in [-0.4, -0.2) is 29.6 Å². The van der Waals surface area contributed by atoms with E-state index >= 15 is 0 Å². The first-order valence-corrected chi connectivity index (χ1v) is 4.66. The Bertz CT molecular complexity index is 398. The van der Waals surface area contributed by atoms with Gasteiger partial charge in [0.15, 0.2) is 0 Å². The molecular formula is C12H10NaS. The molecule has 0 unspecified atom stereocenters. The fourth-order valence-corrected chi connectivity index (χ4v) is 1.63. The fourth-order valence-electron chi connectivity index (χ4n) is 1.34. The monoisotopic (exact) mass is 209 g/mol. The Morgan fingerprint density at radius 3 is 1.93 bits per heavy atom. The van der Waals surface area contributed by atoms with Gasteiger partial charge in [0.05, 0.1) is 0 Å². The standard InChI is InChI=1S/C12H10S.Na/c13-12-9-5-4-8-11(12)10-6-2-1-3-7-10;/h1-9,13H;. The predicted octanol–water partition coefficient (Wildman–Crippen LogP) is 3.26. The Labute approximate surface area is 112 Å². The minimum atomic E-state index is 0. The summed E-state index contributed by atoms with van der Waals surface area (Å²) in [7, 11) is 0. The second-order valence-corrected chi connectivity index (χ2v) is 3.36. The van der Waals surface area contributed by atoms with Crippen LogP contribution in [0.5, 0.6) is 0 Å². The van der Waals surface area contributed by atoms with Crippen LogP contribution in [0.3, 0.4) is 0 Å². The van der Waals surface area contributed by atoms with E-state index in [9.17, 15) is 0 Å². The summed E-state index contributed by atoms with van der Waals surface area (Å²) in [5.41, 5.74) is 2.40. The molecule has 65 valence electrons. The second kappa shape index (κ2) is 5.62. The van der Waals surface area contributed by atoms with Crippen LogP contribution in [0.4, 0.5) is 0 Å². The molecule has 0 heterocycles. The third kappa shape index (κ3) is 2.64. The summed E-state index contributed by atoms with van der Waals surface area (Å²) in [5.74, 6) is 0. The zero-order valence-electron chi connectivity index (χ0n) is 8.14. The smallest absolute Gasteiger partial charge is 0.0119 e. The minimum Gasteiger partial charge on any atom is -0.143 e. The molecule has 2 aromatic rings. The largest absolute Gasteiger partial charge is 0.143 e. The van der Waals surface area contributed by atoms with Gasteiger partial charge in [-0.2, -0.15) is 0 Å². The normalized spacial score (nSPS) is 9.21. The molecule has 0 nitrogen and oxygen atoms in total. The number of rotatable bonds is 1. The van der Waals surface area contributed by atoms with Gasteiger partial charge in [-0.3, -0.25) is 0 Å². The van der Waals surface area contributed by atoms with Crippen molar-refractivity contribution in [2.45, 2.75) is 4.90 Å². The van der Waals surface area contributed by atoms with E-state index in [1.165, 1.54) is 11.1 Å². The molecule has 0 atom stereocenters. The Morgan fingerprint density at radius 1 is 0.714 bits per heavy atom. The number of hydrogen-bond acceptors (Lipinski definition) is 1. The third-order valence-electron chi connectivity index (χ3n) is 1.99. The van der Waals surface area contributed by atoms with Gasteiger partial charge in [0.2, 0.25) is 0 Å². The molecule has 0 fully saturated rings. The summed E-state index contributed by atoms with van der Waals surface area (Å²) >= 11 is 4.41. The van der Waals surface area contributed by atoms with Gasteiger partial charge in [-0.25, -0.2) is 0 Å². The van der Waals surface area contributed by atoms with Gasteiger partial charge >= 0.3 is 0 Å². The fraction of sp³-hybridized carbons (Fsp3) is 0. The first kappa shape index (κ1) is 11.9. The third-order valence-corrected chi connectivity index (χ3v) is 2.38. The number of thiol groups is 1. The van der Waals surface area contributed by atoms with Crippen LogP contribution in [0.1, 0.15) is 0 Å². The summed E-state index contributed by atoms with van der Waals surface area (Å²) < 4.78 is 0. The number of benzene rings is 2. The molecule has 0 spiro atoms. The molecule has 0 saturated heterocycles. The SMILES string of the molecule is Sc1ccccc1-c1ccccc1.[Na]. The van der Waals surface area contributed by atoms with Gasteiger partial charge in [0, 0.05) is 34.5 Å². The Morgan fingerprint density at radius 2 is 1.29 bits per heavy atom. The van der Waals surface area contributed by atoms with Crippen LogP contribution < -0.4 is 0 Å². The van der Waals surface area contributed by atoms with Gasteiger partial charge in [-0.1, -0.05) is 48.5 Å². The van der Waals surface area contributed by atoms with Crippen molar-refractivity contribution in [2.75, 3.05) is 0 Å². The molecular weight excluding hydrogens is 199 g/mol. The molecule has 2 rings (SSSR count). The van der Waals surface area contributed by atoms with Crippen LogP contribution in [0.2, 0.25) is 0 Å². The molecule has 0 aromatic heterocycles. The molecule has 0 aliphatic rings. The van der Waals surface area contributed by atoms with E-state index in [1.807, 2.05) is 36.4 Å². The van der Waals surface area contributed by atoms with Gasteiger partial charge in [-0.05, 0) is 17.2 Å². The van der Waals surface area contributed by atoms with E-state index in [0.717, 1.165) is 4.90 Å². The van der Waals surface area contributed by atoms with Crippen LogP contribution in [-0.2, 0) is 0 Å². The molecule has 1 radical (unpaired) electrons. The molecule has 0 aliphatic heterocycles. The van der Waals surface area contributed by atoms with Gasteiger partial charge in [-0.15, -0.1) is 12.6 Å². The van der Waals surface area contributed by atoms with Crippen molar-refractivity contribution in [3.05, 3.63) is 54.6 Å². The van der Waals surface area contributed by atoms with Gasteiger partial charge in [0.1, 0.15) is 0 Å². The van der Waals surface area contributed by atoms with Gasteiger partial charge < -0.3 is 0 Å². The summed E-state index contributed by atoms with van der Waals surface area (Å²) in [6.07, 6.45) is 0. The van der Waals surface area contributed by atoms with Crippen molar-refractivity contribution in [1.29, 1.82) is 0 Å². The average molecular weight is 209 g/mol. The predicted molar refractivity (Wildman–Crippen MR) is 64.9 cm³/mol. The molecule has 2 aromatic carbocycles. The van der Waals surface area contributed by atoms with Crippen LogP contribution in [0.15, 0.2) is 59.5 Å². The average Bonchev–Trinajstić information content (AvgIpc) is 2.20. The maximum atomic E-state index is 4.41. The topological polar surface area (TPSA) is 0 Å². The summed E-state index contributed by atoms with van der Waals surface area (Å²) in [5, 5.41) is 0. The molecule has 0 bridgehead atoms. The molecule has 2 heteroatoms. The number of hydrogen-bond donors (Lipinski definition) is 1. The zero-order chi connectivity index (χ0) is 9.10. The minimum absolute atomic E-state index is 0. The van der Waals surface area contributed by atoms with E-state index in [1.54, 1.807) is 0 Å². The maximum absolute atomic E-state index is 4.41. The summed E-state index contributed by atoms with van der Waals surface area (Å²) in [6.45, 7) is 0. The Hall–Kier alpha value is -0.210. The van der Waals surface area contributed by atoms with E-state index in [0.29, 0.717) is 0 Å². The van der Waals surface area contributed by atoms with Crippen LogP contribution >= 0.6 is 12.6 Å². The van der Waals surface area contributed by atoms with Crippen molar-refractivity contribution in [3.8, 4) is 11.1 Å². The van der Waals surface area contributed by atoms with Gasteiger partial charge in [0.25, 0.3) is 0 Å². The Kier molecular flexibility index (Phi) is 4.76. The zero-order valence-corrected chi connectivity index (χ0v) is 11.0. The van der Waals surface area contributed by atoms with E-state index in [-0.39, 0.29) is 29.6 Å². The molecule has 0 saturated carbocycles. The van der Waals surface area contributed by atoms with Crippen LogP contribution in [0, 0.1) is 0 Å². The van der Waals surface area contributed by atoms with Crippen molar-refractivity contribution < 1.29 is 0 Å². The van der Waals surface area contributed by atoms with Crippen LogP contribution in [0.25, 0.3) is 11.1 Å². The molecule has 0 aliphatic carbocycles. The first-order valence-electron chi connectivity index (χ1n) is 4.21. The van der Waals surface area contributed by atoms with Crippen molar-refractivity contribution in [2.24, 2.45) is 0 Å². The van der Waals surface area contributed by atoms with Crippen molar-refractivity contribution >= 4 is 42.2 Å². The summed E-state index contributed by atoms with van der Waals surface area (Å²) in [6, 6.07) is 18.4. The summed E-state index contributed by atoms with van der Waals surface area (Å²) in [4.78, 5) is 1.02. The maximum Gasteiger partial charge on any atom is 0.0119 e. The van der Waals surface area contributed by atoms with Crippen molar-refractivity contribution in [3.63, 3.8) is 0 Å². The molecule has 0 N–H and O–H groups in total. The van der Waals surface area contributed by atoms with E-state index in [2.05, 4.69) is 30.8 Å². The first-order chi connectivity index (χ1) is 6.38. The van der Waals surface area contributed by atoms with E-state index in [4.69, 9.17) is 0 Å². The van der Waals surface area contributed by atoms with E-state index < -0.39 is 0 Å². The second-order valence-electron chi connectivity index (χ2n) is 2.88. The molecule has 14 heavy (non-hydrogen) atoms. The molecule has 0 amide bonds. The Balaban J connectivity index is 0.000000980. The quantitative estimate of drug-likeness (QED) is 0.541. The van der Waals surface area contributed by atoms with Crippen molar-refractivity contribution in [1.82, 2.24) is 0 Å².